The van der Waals surface area contributed by atoms with Gasteiger partial charge in [0.05, 0.1) is 8.32 Å². The van der Waals surface area contributed by atoms with Crippen molar-refractivity contribution in [3.8, 4) is 0 Å². The van der Waals surface area contributed by atoms with E-state index >= 15 is 0 Å². The van der Waals surface area contributed by atoms with Gasteiger partial charge in [0, 0.05) is 19.0 Å². The molecule has 90 valence electrons. The van der Waals surface area contributed by atoms with Crippen molar-refractivity contribution in [2.24, 2.45) is 0 Å². The molecule has 0 saturated heterocycles. The number of hydrogen-bond donors (Lipinski definition) is 1. The Morgan fingerprint density at radius 2 is 2.12 bits per heavy atom. The van der Waals surface area contributed by atoms with E-state index in [2.05, 4.69) is 37.9 Å². The van der Waals surface area contributed by atoms with Gasteiger partial charge in [0.2, 0.25) is 0 Å². The van der Waals surface area contributed by atoms with Gasteiger partial charge in [0.15, 0.2) is 9.84 Å². The maximum absolute atomic E-state index is 11.5. The monoisotopic (exact) mass is 355 g/mol. The number of sulfone groups is 1. The molecule has 0 radical (unpaired) electrons. The summed E-state index contributed by atoms with van der Waals surface area (Å²) in [5.41, 5.74) is 0. The van der Waals surface area contributed by atoms with Crippen molar-refractivity contribution in [2.75, 3.05) is 18.1 Å². The summed E-state index contributed by atoms with van der Waals surface area (Å²) >= 11 is 2.10. The molecule has 7 heteroatoms. The van der Waals surface area contributed by atoms with Gasteiger partial charge in [-0.1, -0.05) is 0 Å². The fourth-order valence-corrected chi connectivity index (χ4v) is 1.70. The van der Waals surface area contributed by atoms with E-state index in [0.717, 1.165) is 3.57 Å². The van der Waals surface area contributed by atoms with Crippen LogP contribution in [0.4, 0.5) is 5.82 Å². The summed E-state index contributed by atoms with van der Waals surface area (Å²) in [7, 11) is -3.09. The summed E-state index contributed by atoms with van der Waals surface area (Å²) in [5.74, 6) is 0.660. The SMILES string of the molecule is CC(C)(CNc1ncncc1I)S(C)(=O)=O. The van der Waals surface area contributed by atoms with Crippen LogP contribution in [0.3, 0.4) is 0 Å². The van der Waals surface area contributed by atoms with Gasteiger partial charge in [-0.15, -0.1) is 0 Å². The quantitative estimate of drug-likeness (QED) is 0.825. The van der Waals surface area contributed by atoms with Crippen LogP contribution in [0.1, 0.15) is 13.8 Å². The molecule has 0 atom stereocenters. The molecule has 0 aliphatic heterocycles. The molecule has 1 aromatic rings. The average molecular weight is 355 g/mol. The minimum atomic E-state index is -3.09. The fraction of sp³-hybridized carbons (Fsp3) is 0.556. The second kappa shape index (κ2) is 4.82. The Morgan fingerprint density at radius 1 is 1.50 bits per heavy atom. The van der Waals surface area contributed by atoms with Crippen molar-refractivity contribution in [1.29, 1.82) is 0 Å². The summed E-state index contributed by atoms with van der Waals surface area (Å²) in [6, 6.07) is 0. The van der Waals surface area contributed by atoms with Gasteiger partial charge in [-0.2, -0.15) is 0 Å². The zero-order valence-corrected chi connectivity index (χ0v) is 12.3. The molecule has 0 amide bonds. The summed E-state index contributed by atoms with van der Waals surface area (Å²) in [6.07, 6.45) is 4.33. The summed E-state index contributed by atoms with van der Waals surface area (Å²) in [4.78, 5) is 7.90. The van der Waals surface area contributed by atoms with E-state index < -0.39 is 14.6 Å². The van der Waals surface area contributed by atoms with Gasteiger partial charge in [-0.05, 0) is 36.4 Å². The highest BCUT2D eigenvalue weighted by Gasteiger charge is 2.30. The molecule has 5 nitrogen and oxygen atoms in total. The molecular formula is C9H14IN3O2S. The van der Waals surface area contributed by atoms with Crippen molar-refractivity contribution >= 4 is 38.2 Å². The predicted octanol–water partition coefficient (Wildman–Crippen LogP) is 1.32. The molecule has 0 bridgehead atoms. The lowest BCUT2D eigenvalue weighted by molar-refractivity contribution is 0.559. The number of aromatic nitrogens is 2. The van der Waals surface area contributed by atoms with Crippen molar-refractivity contribution in [2.45, 2.75) is 18.6 Å². The van der Waals surface area contributed by atoms with E-state index in [1.165, 1.54) is 12.6 Å². The first-order valence-electron chi connectivity index (χ1n) is 4.63. The van der Waals surface area contributed by atoms with Crippen LogP contribution in [0.15, 0.2) is 12.5 Å². The normalized spacial score (nSPS) is 12.5. The molecule has 1 rings (SSSR count). The van der Waals surface area contributed by atoms with E-state index in [0.29, 0.717) is 12.4 Å². The van der Waals surface area contributed by atoms with Gasteiger partial charge in [-0.3, -0.25) is 0 Å². The van der Waals surface area contributed by atoms with Gasteiger partial charge in [0.1, 0.15) is 12.1 Å². The van der Waals surface area contributed by atoms with Crippen LogP contribution >= 0.6 is 22.6 Å². The molecular weight excluding hydrogens is 341 g/mol. The zero-order valence-electron chi connectivity index (χ0n) is 9.36. The third kappa shape index (κ3) is 3.27. The molecule has 0 aromatic carbocycles. The summed E-state index contributed by atoms with van der Waals surface area (Å²) in [6.45, 7) is 3.69. The van der Waals surface area contributed by atoms with Crippen molar-refractivity contribution < 1.29 is 8.42 Å². The number of nitrogens with one attached hydrogen (secondary N) is 1. The lowest BCUT2D eigenvalue weighted by Crippen LogP contribution is -2.38. The van der Waals surface area contributed by atoms with Crippen LogP contribution in [-0.4, -0.2) is 35.9 Å². The van der Waals surface area contributed by atoms with Crippen molar-refractivity contribution in [3.63, 3.8) is 0 Å². The Kier molecular flexibility index (Phi) is 4.11. The van der Waals surface area contributed by atoms with Crippen LogP contribution < -0.4 is 5.32 Å². The first kappa shape index (κ1) is 13.6. The van der Waals surface area contributed by atoms with E-state index in [9.17, 15) is 8.42 Å². The fourth-order valence-electron chi connectivity index (χ4n) is 0.870. The molecule has 0 aliphatic carbocycles. The average Bonchev–Trinajstić information content (AvgIpc) is 2.15. The van der Waals surface area contributed by atoms with Crippen molar-refractivity contribution in [3.05, 3.63) is 16.1 Å². The second-order valence-electron chi connectivity index (χ2n) is 4.10. The lowest BCUT2D eigenvalue weighted by Gasteiger charge is -2.23. The first-order chi connectivity index (χ1) is 7.24. The molecule has 0 unspecified atom stereocenters. The number of anilines is 1. The molecule has 0 saturated carbocycles. The van der Waals surface area contributed by atoms with Gasteiger partial charge in [-0.25, -0.2) is 18.4 Å². The Morgan fingerprint density at radius 3 is 2.62 bits per heavy atom. The summed E-state index contributed by atoms with van der Waals surface area (Å²) < 4.78 is 23.0. The molecule has 16 heavy (non-hydrogen) atoms. The second-order valence-corrected chi connectivity index (χ2v) is 7.92. The largest absolute Gasteiger partial charge is 0.368 e. The molecule has 1 aromatic heterocycles. The van der Waals surface area contributed by atoms with E-state index in [1.54, 1.807) is 20.0 Å². The van der Waals surface area contributed by atoms with Crippen LogP contribution in [0.25, 0.3) is 0 Å². The molecule has 1 heterocycles. The van der Waals surface area contributed by atoms with E-state index in [4.69, 9.17) is 0 Å². The van der Waals surface area contributed by atoms with E-state index in [1.807, 2.05) is 0 Å². The Labute approximate surface area is 109 Å². The van der Waals surface area contributed by atoms with Gasteiger partial charge in [0.25, 0.3) is 0 Å². The zero-order chi connectivity index (χ0) is 12.4. The maximum atomic E-state index is 11.5. The third-order valence-electron chi connectivity index (χ3n) is 2.35. The Balaban J connectivity index is 2.77. The first-order valence-corrected chi connectivity index (χ1v) is 7.60. The Hall–Kier alpha value is -0.440. The lowest BCUT2D eigenvalue weighted by atomic mass is 10.2. The number of rotatable bonds is 4. The van der Waals surface area contributed by atoms with Crippen LogP contribution in [0, 0.1) is 3.57 Å². The maximum Gasteiger partial charge on any atom is 0.154 e. The Bertz CT molecular complexity index is 473. The third-order valence-corrected chi connectivity index (χ3v) is 5.29. The molecule has 1 N–H and O–H groups in total. The molecule has 0 fully saturated rings. The smallest absolute Gasteiger partial charge is 0.154 e. The number of halogens is 1. The predicted molar refractivity (Wildman–Crippen MR) is 72.2 cm³/mol. The standard InChI is InChI=1S/C9H14IN3O2S/c1-9(2,16(3,14)15)5-12-8-7(10)4-11-6-13-8/h4,6H,5H2,1-3H3,(H,11,12,13). The van der Waals surface area contributed by atoms with E-state index in [-0.39, 0.29) is 0 Å². The molecule has 0 spiro atoms. The minimum Gasteiger partial charge on any atom is -0.368 e. The highest BCUT2D eigenvalue weighted by Crippen LogP contribution is 2.18. The topological polar surface area (TPSA) is 72.0 Å². The van der Waals surface area contributed by atoms with Crippen molar-refractivity contribution in [1.82, 2.24) is 9.97 Å². The number of hydrogen-bond acceptors (Lipinski definition) is 5. The van der Waals surface area contributed by atoms with Crippen LogP contribution in [-0.2, 0) is 9.84 Å². The number of nitrogens with zero attached hydrogens (tertiary/aromatic N) is 2. The highest BCUT2D eigenvalue weighted by molar-refractivity contribution is 14.1. The van der Waals surface area contributed by atoms with Crippen LogP contribution in [0.5, 0.6) is 0 Å². The minimum absolute atomic E-state index is 0.318. The van der Waals surface area contributed by atoms with Crippen LogP contribution in [0.2, 0.25) is 0 Å². The highest BCUT2D eigenvalue weighted by atomic mass is 127. The van der Waals surface area contributed by atoms with Gasteiger partial charge >= 0.3 is 0 Å². The molecule has 0 aliphatic rings. The summed E-state index contributed by atoms with van der Waals surface area (Å²) in [5, 5.41) is 3.02. The van der Waals surface area contributed by atoms with Gasteiger partial charge < -0.3 is 5.32 Å².